The molecule has 1 N–H and O–H groups in total. The molecule has 1 aromatic carbocycles. The van der Waals surface area contributed by atoms with Gasteiger partial charge in [-0.25, -0.2) is 0 Å². The van der Waals surface area contributed by atoms with E-state index in [9.17, 15) is 10.1 Å². The van der Waals surface area contributed by atoms with Gasteiger partial charge in [-0.15, -0.1) is 0 Å². The average Bonchev–Trinajstić information content (AvgIpc) is 2.35. The predicted octanol–water partition coefficient (Wildman–Crippen LogP) is 3.41. The minimum absolute atomic E-state index is 0.0467. The lowest BCUT2D eigenvalue weighted by Crippen LogP contribution is -2.22. The van der Waals surface area contributed by atoms with E-state index in [1.807, 2.05) is 7.05 Å². The van der Waals surface area contributed by atoms with E-state index in [0.717, 1.165) is 25.8 Å². The number of nitrogens with one attached hydrogen (secondary N) is 1. The number of nitro benzene ring substituents is 1. The Bertz CT molecular complexity index is 426. The maximum absolute atomic E-state index is 11.0. The van der Waals surface area contributed by atoms with Crippen LogP contribution in [0.3, 0.4) is 0 Å². The fourth-order valence-corrected chi connectivity index (χ4v) is 2.07. The van der Waals surface area contributed by atoms with Crippen molar-refractivity contribution in [3.8, 4) is 5.75 Å². The predicted molar refractivity (Wildman–Crippen MR) is 76.0 cm³/mol. The topological polar surface area (TPSA) is 64.4 Å². The molecule has 1 atom stereocenters. The number of nitrogens with zero attached hydrogens (tertiary/aromatic N) is 1. The summed E-state index contributed by atoms with van der Waals surface area (Å²) in [4.78, 5) is 10.5. The zero-order chi connectivity index (χ0) is 14.3. The molecule has 0 amide bonds. The molecule has 19 heavy (non-hydrogen) atoms. The van der Waals surface area contributed by atoms with E-state index in [1.165, 1.54) is 6.07 Å². The van der Waals surface area contributed by atoms with Crippen LogP contribution in [0, 0.1) is 10.1 Å². The van der Waals surface area contributed by atoms with Gasteiger partial charge in [0.25, 0.3) is 0 Å². The van der Waals surface area contributed by atoms with Crippen LogP contribution in [0.4, 0.5) is 5.69 Å². The van der Waals surface area contributed by atoms with Crippen LogP contribution in [0.5, 0.6) is 5.75 Å². The van der Waals surface area contributed by atoms with Crippen LogP contribution >= 0.6 is 11.6 Å². The number of nitro groups is 1. The summed E-state index contributed by atoms with van der Waals surface area (Å²) in [7, 11) is 1.87. The molecule has 0 saturated carbocycles. The van der Waals surface area contributed by atoms with Crippen molar-refractivity contribution >= 4 is 17.3 Å². The van der Waals surface area contributed by atoms with Crippen molar-refractivity contribution in [3.63, 3.8) is 0 Å². The van der Waals surface area contributed by atoms with Crippen LogP contribution in [-0.4, -0.2) is 24.6 Å². The lowest BCUT2D eigenvalue weighted by atomic mass is 10.1. The highest BCUT2D eigenvalue weighted by molar-refractivity contribution is 6.32. The average molecular weight is 287 g/mol. The van der Waals surface area contributed by atoms with E-state index in [2.05, 4.69) is 12.2 Å². The van der Waals surface area contributed by atoms with Gasteiger partial charge in [0.05, 0.1) is 4.92 Å². The summed E-state index contributed by atoms with van der Waals surface area (Å²) in [6.45, 7) is 2.86. The van der Waals surface area contributed by atoms with Crippen molar-refractivity contribution in [2.24, 2.45) is 0 Å². The first-order valence-electron chi connectivity index (χ1n) is 6.34. The van der Waals surface area contributed by atoms with Crippen molar-refractivity contribution < 1.29 is 9.66 Å². The minimum Gasteiger partial charge on any atom is -0.483 e. The normalized spacial score (nSPS) is 12.2. The van der Waals surface area contributed by atoms with Gasteiger partial charge in [-0.2, -0.15) is 0 Å². The highest BCUT2D eigenvalue weighted by Crippen LogP contribution is 2.35. The van der Waals surface area contributed by atoms with Gasteiger partial charge in [-0.05, 0) is 38.6 Å². The van der Waals surface area contributed by atoms with Crippen molar-refractivity contribution in [2.75, 3.05) is 13.6 Å². The third-order valence-corrected chi connectivity index (χ3v) is 3.06. The third-order valence-electron chi connectivity index (χ3n) is 2.75. The molecule has 0 aliphatic carbocycles. The SMILES string of the molecule is CCC[C@@H](CCNC)Oc1cccc(Cl)c1[N+](=O)[O-]. The second kappa shape index (κ2) is 7.96. The van der Waals surface area contributed by atoms with Crippen molar-refractivity contribution in [3.05, 3.63) is 33.3 Å². The van der Waals surface area contributed by atoms with Gasteiger partial charge in [0.2, 0.25) is 0 Å². The van der Waals surface area contributed by atoms with Crippen LogP contribution in [-0.2, 0) is 0 Å². The summed E-state index contributed by atoms with van der Waals surface area (Å²) in [5.74, 6) is 0.243. The highest BCUT2D eigenvalue weighted by atomic mass is 35.5. The summed E-state index contributed by atoms with van der Waals surface area (Å²) in [5.41, 5.74) is -0.158. The van der Waals surface area contributed by atoms with E-state index in [-0.39, 0.29) is 22.6 Å². The Balaban J connectivity index is 2.89. The van der Waals surface area contributed by atoms with Gasteiger partial charge in [0.15, 0.2) is 5.75 Å². The highest BCUT2D eigenvalue weighted by Gasteiger charge is 2.22. The molecule has 0 aliphatic heterocycles. The van der Waals surface area contributed by atoms with Gasteiger partial charge in [0.1, 0.15) is 11.1 Å². The monoisotopic (exact) mass is 286 g/mol. The number of halogens is 1. The number of hydrogen-bond donors (Lipinski definition) is 1. The number of para-hydroxylation sites is 1. The van der Waals surface area contributed by atoms with E-state index in [0.29, 0.717) is 0 Å². The zero-order valence-electron chi connectivity index (χ0n) is 11.2. The number of ether oxygens (including phenoxy) is 1. The molecule has 5 nitrogen and oxygen atoms in total. The van der Waals surface area contributed by atoms with Crippen molar-refractivity contribution in [1.29, 1.82) is 0 Å². The molecule has 0 aliphatic rings. The van der Waals surface area contributed by atoms with Gasteiger partial charge in [0, 0.05) is 0 Å². The summed E-state index contributed by atoms with van der Waals surface area (Å²) in [6, 6.07) is 4.74. The molecule has 0 unspecified atom stereocenters. The zero-order valence-corrected chi connectivity index (χ0v) is 11.9. The van der Waals surface area contributed by atoms with Crippen molar-refractivity contribution in [1.82, 2.24) is 5.32 Å². The van der Waals surface area contributed by atoms with Gasteiger partial charge in [-0.1, -0.05) is 31.0 Å². The molecule has 0 fully saturated rings. The summed E-state index contributed by atoms with van der Waals surface area (Å²) >= 11 is 5.86. The lowest BCUT2D eigenvalue weighted by molar-refractivity contribution is -0.385. The van der Waals surface area contributed by atoms with E-state index >= 15 is 0 Å². The Hall–Kier alpha value is -1.33. The standard InChI is InChI=1S/C13H19ClN2O3/c1-3-5-10(8-9-15-2)19-12-7-4-6-11(14)13(12)16(17)18/h4,6-7,10,15H,3,5,8-9H2,1-2H3/t10-/m0/s1. The van der Waals surface area contributed by atoms with E-state index in [4.69, 9.17) is 16.3 Å². The van der Waals surface area contributed by atoms with Crippen LogP contribution < -0.4 is 10.1 Å². The first-order valence-corrected chi connectivity index (χ1v) is 6.72. The first kappa shape index (κ1) is 15.7. The van der Waals surface area contributed by atoms with E-state index in [1.54, 1.807) is 12.1 Å². The molecule has 0 bridgehead atoms. The molecule has 6 heteroatoms. The van der Waals surface area contributed by atoms with Crippen LogP contribution in [0.1, 0.15) is 26.2 Å². The molecule has 106 valence electrons. The quantitative estimate of drug-likeness (QED) is 0.587. The Kier molecular flexibility index (Phi) is 6.59. The lowest BCUT2D eigenvalue weighted by Gasteiger charge is -2.18. The van der Waals surface area contributed by atoms with Crippen LogP contribution in [0.15, 0.2) is 18.2 Å². The Morgan fingerprint density at radius 2 is 2.21 bits per heavy atom. The molecule has 0 spiro atoms. The Morgan fingerprint density at radius 3 is 2.79 bits per heavy atom. The van der Waals surface area contributed by atoms with Crippen LogP contribution in [0.2, 0.25) is 5.02 Å². The molecule has 0 radical (unpaired) electrons. The molecule has 1 aromatic rings. The number of rotatable bonds is 8. The Labute approximate surface area is 118 Å². The smallest absolute Gasteiger partial charge is 0.329 e. The second-order valence-corrected chi connectivity index (χ2v) is 4.67. The van der Waals surface area contributed by atoms with Gasteiger partial charge >= 0.3 is 5.69 Å². The molecular formula is C13H19ClN2O3. The summed E-state index contributed by atoms with van der Waals surface area (Å²) in [5, 5.41) is 14.2. The molecule has 0 heterocycles. The van der Waals surface area contributed by atoms with Crippen LogP contribution in [0.25, 0.3) is 0 Å². The molecule has 0 saturated heterocycles. The van der Waals surface area contributed by atoms with Gasteiger partial charge < -0.3 is 10.1 Å². The largest absolute Gasteiger partial charge is 0.483 e. The maximum Gasteiger partial charge on any atom is 0.329 e. The summed E-state index contributed by atoms with van der Waals surface area (Å²) in [6.07, 6.45) is 2.57. The first-order chi connectivity index (χ1) is 9.10. The van der Waals surface area contributed by atoms with Gasteiger partial charge in [-0.3, -0.25) is 10.1 Å². The number of hydrogen-bond acceptors (Lipinski definition) is 4. The summed E-state index contributed by atoms with van der Waals surface area (Å²) < 4.78 is 5.76. The molecular weight excluding hydrogens is 268 g/mol. The Morgan fingerprint density at radius 1 is 1.47 bits per heavy atom. The molecule has 1 rings (SSSR count). The number of benzene rings is 1. The third kappa shape index (κ3) is 4.69. The van der Waals surface area contributed by atoms with E-state index < -0.39 is 4.92 Å². The second-order valence-electron chi connectivity index (χ2n) is 4.26. The maximum atomic E-state index is 11.0. The fourth-order valence-electron chi connectivity index (χ4n) is 1.84. The van der Waals surface area contributed by atoms with Crippen molar-refractivity contribution in [2.45, 2.75) is 32.3 Å². The molecule has 0 aromatic heterocycles. The minimum atomic E-state index is -0.501. The fraction of sp³-hybridized carbons (Fsp3) is 0.538.